The minimum Gasteiger partial charge on any atom is -0.370 e. The minimum absolute atomic E-state index is 0.0946. The number of rotatable bonds is 4. The molecule has 1 amide bonds. The third kappa shape index (κ3) is 2.25. The topological polar surface area (TPSA) is 106 Å². The molecule has 0 aromatic heterocycles. The molecule has 1 aliphatic heterocycles. The molecule has 15 heavy (non-hydrogen) atoms. The summed E-state index contributed by atoms with van der Waals surface area (Å²) in [5, 5.41) is 12.1. The molecule has 0 saturated carbocycles. The maximum absolute atomic E-state index is 11.5. The lowest BCUT2D eigenvalue weighted by Crippen LogP contribution is -2.63. The number of nitrogens with one attached hydrogen (secondary N) is 1. The van der Waals surface area contributed by atoms with E-state index in [4.69, 9.17) is 15.2 Å². The summed E-state index contributed by atoms with van der Waals surface area (Å²) in [7, 11) is 0. The second-order valence-electron chi connectivity index (χ2n) is 2.91. The number of nitrogens with two attached hydrogens (primary N) is 1. The standard InChI is InChI=1S/C8H15N3O4/c1-3-14-6-8(13,15-4-2)5(12)10-7(9)11-6/h6,13H,3-4H2,1-2H3,(H3,9,10,11,12). The summed E-state index contributed by atoms with van der Waals surface area (Å²) in [5.41, 5.74) is 5.33. The van der Waals surface area contributed by atoms with Gasteiger partial charge in [-0.25, -0.2) is 4.99 Å². The van der Waals surface area contributed by atoms with Crippen molar-refractivity contribution in [3.8, 4) is 0 Å². The maximum Gasteiger partial charge on any atom is 0.296 e. The van der Waals surface area contributed by atoms with E-state index in [0.717, 1.165) is 0 Å². The van der Waals surface area contributed by atoms with Crippen LogP contribution in [0.25, 0.3) is 0 Å². The van der Waals surface area contributed by atoms with Crippen LogP contribution in [0, 0.1) is 0 Å². The van der Waals surface area contributed by atoms with Gasteiger partial charge in [0.15, 0.2) is 5.96 Å². The van der Waals surface area contributed by atoms with E-state index in [1.807, 2.05) is 0 Å². The van der Waals surface area contributed by atoms with E-state index in [2.05, 4.69) is 10.3 Å². The van der Waals surface area contributed by atoms with E-state index >= 15 is 0 Å². The Labute approximate surface area is 87.3 Å². The zero-order valence-corrected chi connectivity index (χ0v) is 8.69. The van der Waals surface area contributed by atoms with Crippen LogP contribution in [0.4, 0.5) is 0 Å². The molecule has 0 spiro atoms. The first-order valence-corrected chi connectivity index (χ1v) is 4.67. The second kappa shape index (κ2) is 4.56. The fourth-order valence-electron chi connectivity index (χ4n) is 1.23. The molecule has 0 aliphatic carbocycles. The SMILES string of the molecule is CCOC1N=C(N)NC(=O)C1(O)OCC. The lowest BCUT2D eigenvalue weighted by atomic mass is 10.2. The number of amides is 1. The van der Waals surface area contributed by atoms with Gasteiger partial charge in [-0.3, -0.25) is 10.1 Å². The normalized spacial score (nSPS) is 31.0. The van der Waals surface area contributed by atoms with Gasteiger partial charge in [0.25, 0.3) is 11.7 Å². The molecule has 1 aliphatic rings. The van der Waals surface area contributed by atoms with Crippen LogP contribution < -0.4 is 11.1 Å². The highest BCUT2D eigenvalue weighted by Crippen LogP contribution is 2.20. The molecule has 1 rings (SSSR count). The van der Waals surface area contributed by atoms with Gasteiger partial charge in [0.1, 0.15) is 0 Å². The Kier molecular flexibility index (Phi) is 3.61. The van der Waals surface area contributed by atoms with Gasteiger partial charge in [-0.15, -0.1) is 0 Å². The number of hydrogen-bond donors (Lipinski definition) is 3. The summed E-state index contributed by atoms with van der Waals surface area (Å²) in [6.45, 7) is 3.80. The molecular weight excluding hydrogens is 202 g/mol. The summed E-state index contributed by atoms with van der Waals surface area (Å²) in [6.07, 6.45) is -1.13. The lowest BCUT2D eigenvalue weighted by molar-refractivity contribution is -0.251. The summed E-state index contributed by atoms with van der Waals surface area (Å²) < 4.78 is 10.0. The van der Waals surface area contributed by atoms with Crippen molar-refractivity contribution in [2.24, 2.45) is 10.7 Å². The third-order valence-corrected chi connectivity index (χ3v) is 1.85. The number of hydrogen-bond acceptors (Lipinski definition) is 6. The Morgan fingerprint density at radius 1 is 1.60 bits per heavy atom. The molecule has 86 valence electrons. The molecule has 0 bridgehead atoms. The molecule has 2 atom stereocenters. The van der Waals surface area contributed by atoms with Gasteiger partial charge in [0.2, 0.25) is 6.23 Å². The second-order valence-corrected chi connectivity index (χ2v) is 2.91. The largest absolute Gasteiger partial charge is 0.370 e. The molecule has 4 N–H and O–H groups in total. The van der Waals surface area contributed by atoms with Crippen LogP contribution in [0.5, 0.6) is 0 Å². The van der Waals surface area contributed by atoms with Gasteiger partial charge in [0, 0.05) is 13.2 Å². The van der Waals surface area contributed by atoms with Crippen LogP contribution in [0.15, 0.2) is 4.99 Å². The molecule has 0 aromatic rings. The average Bonchev–Trinajstić information content (AvgIpc) is 2.15. The first kappa shape index (κ1) is 11.9. The number of ether oxygens (including phenoxy) is 2. The van der Waals surface area contributed by atoms with Crippen molar-refractivity contribution in [1.29, 1.82) is 0 Å². The molecule has 0 fully saturated rings. The molecule has 0 saturated heterocycles. The van der Waals surface area contributed by atoms with Gasteiger partial charge in [-0.1, -0.05) is 0 Å². The molecule has 7 heteroatoms. The fraction of sp³-hybridized carbons (Fsp3) is 0.750. The zero-order chi connectivity index (χ0) is 11.5. The molecule has 0 aromatic carbocycles. The van der Waals surface area contributed by atoms with E-state index in [1.165, 1.54) is 0 Å². The predicted molar refractivity (Wildman–Crippen MR) is 51.8 cm³/mol. The number of aliphatic hydroxyl groups is 1. The molecule has 7 nitrogen and oxygen atoms in total. The van der Waals surface area contributed by atoms with Gasteiger partial charge in [-0.2, -0.15) is 0 Å². The Morgan fingerprint density at radius 3 is 2.80 bits per heavy atom. The lowest BCUT2D eigenvalue weighted by Gasteiger charge is -2.34. The highest BCUT2D eigenvalue weighted by molar-refractivity contribution is 6.01. The van der Waals surface area contributed by atoms with Crippen molar-refractivity contribution in [2.45, 2.75) is 25.9 Å². The van der Waals surface area contributed by atoms with Crippen molar-refractivity contribution >= 4 is 11.9 Å². The van der Waals surface area contributed by atoms with Crippen molar-refractivity contribution in [3.05, 3.63) is 0 Å². The number of guanidine groups is 1. The highest BCUT2D eigenvalue weighted by Gasteiger charge is 2.49. The Hall–Kier alpha value is -1.18. The summed E-state index contributed by atoms with van der Waals surface area (Å²) >= 11 is 0. The van der Waals surface area contributed by atoms with Crippen LogP contribution >= 0.6 is 0 Å². The zero-order valence-electron chi connectivity index (χ0n) is 8.69. The quantitative estimate of drug-likeness (QED) is 0.498. The maximum atomic E-state index is 11.5. The number of carbonyl (C=O) groups is 1. The number of carbonyl (C=O) groups excluding carboxylic acids is 1. The number of aliphatic imine (C=N–C) groups is 1. The van der Waals surface area contributed by atoms with Gasteiger partial charge >= 0.3 is 0 Å². The van der Waals surface area contributed by atoms with Crippen LogP contribution in [0.1, 0.15) is 13.8 Å². The van der Waals surface area contributed by atoms with E-state index < -0.39 is 17.9 Å². The predicted octanol–water partition coefficient (Wildman–Crippen LogP) is -1.48. The van der Waals surface area contributed by atoms with Crippen molar-refractivity contribution in [3.63, 3.8) is 0 Å². The fourth-order valence-corrected chi connectivity index (χ4v) is 1.23. The monoisotopic (exact) mass is 217 g/mol. The Morgan fingerprint density at radius 2 is 2.27 bits per heavy atom. The summed E-state index contributed by atoms with van der Waals surface area (Å²) in [5.74, 6) is -2.97. The van der Waals surface area contributed by atoms with E-state index in [-0.39, 0.29) is 19.2 Å². The smallest absolute Gasteiger partial charge is 0.296 e. The van der Waals surface area contributed by atoms with Gasteiger partial charge in [0.05, 0.1) is 0 Å². The Bertz CT molecular complexity index is 281. The molecule has 1 heterocycles. The van der Waals surface area contributed by atoms with Crippen LogP contribution in [0.2, 0.25) is 0 Å². The highest BCUT2D eigenvalue weighted by atomic mass is 16.7. The van der Waals surface area contributed by atoms with Crippen LogP contribution in [0.3, 0.4) is 0 Å². The van der Waals surface area contributed by atoms with Crippen molar-refractivity contribution < 1.29 is 19.4 Å². The van der Waals surface area contributed by atoms with E-state index in [9.17, 15) is 9.90 Å². The van der Waals surface area contributed by atoms with Gasteiger partial charge < -0.3 is 20.3 Å². The summed E-state index contributed by atoms with van der Waals surface area (Å²) in [4.78, 5) is 15.2. The van der Waals surface area contributed by atoms with Crippen molar-refractivity contribution in [2.75, 3.05) is 13.2 Å². The minimum atomic E-state index is -2.10. The Balaban J connectivity index is 2.94. The molecule has 0 radical (unpaired) electrons. The first-order chi connectivity index (χ1) is 7.04. The van der Waals surface area contributed by atoms with E-state index in [1.54, 1.807) is 13.8 Å². The molecule has 2 unspecified atom stereocenters. The third-order valence-electron chi connectivity index (χ3n) is 1.85. The first-order valence-electron chi connectivity index (χ1n) is 4.67. The summed E-state index contributed by atoms with van der Waals surface area (Å²) in [6, 6.07) is 0. The van der Waals surface area contributed by atoms with Gasteiger partial charge in [-0.05, 0) is 13.8 Å². The van der Waals surface area contributed by atoms with Crippen LogP contribution in [-0.2, 0) is 14.3 Å². The molecular formula is C8H15N3O4. The van der Waals surface area contributed by atoms with Crippen molar-refractivity contribution in [1.82, 2.24) is 5.32 Å². The number of nitrogens with zero attached hydrogens (tertiary/aromatic N) is 1. The average molecular weight is 217 g/mol. The van der Waals surface area contributed by atoms with E-state index in [0.29, 0.717) is 0 Å². The van der Waals surface area contributed by atoms with Crippen LogP contribution in [-0.4, -0.2) is 42.2 Å².